The fraction of sp³-hybridized carbons (Fsp3) is 0.846. The van der Waals surface area contributed by atoms with Gasteiger partial charge in [-0.25, -0.2) is 4.79 Å². The summed E-state index contributed by atoms with van der Waals surface area (Å²) in [4.78, 5) is 27.7. The number of piperazine rings is 1. The van der Waals surface area contributed by atoms with Crippen molar-refractivity contribution < 1.29 is 9.59 Å². The molecule has 19 heavy (non-hydrogen) atoms. The Morgan fingerprint density at radius 2 is 1.89 bits per heavy atom. The van der Waals surface area contributed by atoms with Crippen LogP contribution in [0.4, 0.5) is 4.79 Å². The summed E-state index contributed by atoms with van der Waals surface area (Å²) in [7, 11) is 0. The SMILES string of the molecule is CCNC(=O)N1CCN(C(=O)C2CCCNC2)CC1. The Kier molecular flexibility index (Phi) is 5.01. The van der Waals surface area contributed by atoms with Gasteiger partial charge in [-0.2, -0.15) is 0 Å². The normalized spacial score (nSPS) is 24.2. The summed E-state index contributed by atoms with van der Waals surface area (Å²) in [5.74, 6) is 0.382. The first-order chi connectivity index (χ1) is 9.22. The van der Waals surface area contributed by atoms with Gasteiger partial charge < -0.3 is 20.4 Å². The van der Waals surface area contributed by atoms with Crippen LogP contribution in [0.15, 0.2) is 0 Å². The van der Waals surface area contributed by atoms with Gasteiger partial charge in [0, 0.05) is 39.3 Å². The first kappa shape index (κ1) is 14.1. The van der Waals surface area contributed by atoms with E-state index in [2.05, 4.69) is 10.6 Å². The molecule has 2 heterocycles. The summed E-state index contributed by atoms with van der Waals surface area (Å²) in [6.07, 6.45) is 2.07. The fourth-order valence-electron chi connectivity index (χ4n) is 2.71. The molecule has 2 saturated heterocycles. The van der Waals surface area contributed by atoms with Gasteiger partial charge in [0.15, 0.2) is 0 Å². The van der Waals surface area contributed by atoms with E-state index in [0.29, 0.717) is 32.7 Å². The Morgan fingerprint density at radius 1 is 1.21 bits per heavy atom. The number of piperidine rings is 1. The summed E-state index contributed by atoms with van der Waals surface area (Å²) >= 11 is 0. The zero-order valence-corrected chi connectivity index (χ0v) is 11.7. The van der Waals surface area contributed by atoms with Crippen LogP contribution < -0.4 is 10.6 Å². The minimum absolute atomic E-state index is 0.0195. The molecule has 0 bridgehead atoms. The lowest BCUT2D eigenvalue weighted by molar-refractivity contribution is -0.137. The van der Waals surface area contributed by atoms with Crippen LogP contribution in [0.3, 0.4) is 0 Å². The van der Waals surface area contributed by atoms with Crippen molar-refractivity contribution in [2.75, 3.05) is 45.8 Å². The average molecular weight is 268 g/mol. The lowest BCUT2D eigenvalue weighted by Gasteiger charge is -2.37. The van der Waals surface area contributed by atoms with Crippen molar-refractivity contribution in [3.8, 4) is 0 Å². The van der Waals surface area contributed by atoms with Gasteiger partial charge >= 0.3 is 6.03 Å². The molecule has 0 radical (unpaired) electrons. The molecule has 0 saturated carbocycles. The van der Waals surface area contributed by atoms with Crippen molar-refractivity contribution >= 4 is 11.9 Å². The molecule has 1 atom stereocenters. The molecule has 1 unspecified atom stereocenters. The summed E-state index contributed by atoms with van der Waals surface area (Å²) in [5.41, 5.74) is 0. The molecule has 0 aromatic heterocycles. The van der Waals surface area contributed by atoms with E-state index in [1.807, 2.05) is 11.8 Å². The molecule has 108 valence electrons. The quantitative estimate of drug-likeness (QED) is 0.732. The molecule has 0 aromatic carbocycles. The Bertz CT molecular complexity index is 321. The Labute approximate surface area is 114 Å². The first-order valence-corrected chi connectivity index (χ1v) is 7.24. The van der Waals surface area contributed by atoms with Gasteiger partial charge in [-0.05, 0) is 26.3 Å². The van der Waals surface area contributed by atoms with Crippen molar-refractivity contribution in [1.29, 1.82) is 0 Å². The number of nitrogens with zero attached hydrogens (tertiary/aromatic N) is 2. The Hall–Kier alpha value is -1.30. The minimum atomic E-state index is -0.0195. The van der Waals surface area contributed by atoms with E-state index in [4.69, 9.17) is 0 Å². The molecule has 2 aliphatic heterocycles. The Balaban J connectivity index is 1.79. The fourth-order valence-corrected chi connectivity index (χ4v) is 2.71. The lowest BCUT2D eigenvalue weighted by atomic mass is 9.98. The van der Waals surface area contributed by atoms with Crippen molar-refractivity contribution in [2.24, 2.45) is 5.92 Å². The third kappa shape index (κ3) is 3.59. The van der Waals surface area contributed by atoms with Crippen LogP contribution in [-0.2, 0) is 4.79 Å². The van der Waals surface area contributed by atoms with E-state index in [1.165, 1.54) is 0 Å². The smallest absolute Gasteiger partial charge is 0.317 e. The molecule has 2 N–H and O–H groups in total. The maximum atomic E-state index is 12.3. The molecule has 2 fully saturated rings. The van der Waals surface area contributed by atoms with Crippen molar-refractivity contribution in [2.45, 2.75) is 19.8 Å². The molecular formula is C13H24N4O2. The number of carbonyl (C=O) groups excluding carboxylic acids is 2. The number of hydrogen-bond acceptors (Lipinski definition) is 3. The Morgan fingerprint density at radius 3 is 2.47 bits per heavy atom. The molecule has 0 spiro atoms. The number of hydrogen-bond donors (Lipinski definition) is 2. The topological polar surface area (TPSA) is 64.7 Å². The minimum Gasteiger partial charge on any atom is -0.339 e. The number of carbonyl (C=O) groups is 2. The predicted molar refractivity (Wildman–Crippen MR) is 72.8 cm³/mol. The van der Waals surface area contributed by atoms with Gasteiger partial charge in [0.25, 0.3) is 0 Å². The number of urea groups is 1. The predicted octanol–water partition coefficient (Wildman–Crippen LogP) is -0.140. The summed E-state index contributed by atoms with van der Waals surface area (Å²) < 4.78 is 0. The highest BCUT2D eigenvalue weighted by molar-refractivity contribution is 5.80. The number of nitrogens with one attached hydrogen (secondary N) is 2. The number of rotatable bonds is 2. The van der Waals surface area contributed by atoms with E-state index in [0.717, 1.165) is 25.9 Å². The van der Waals surface area contributed by atoms with E-state index in [1.54, 1.807) is 4.90 Å². The van der Waals surface area contributed by atoms with E-state index < -0.39 is 0 Å². The van der Waals surface area contributed by atoms with Gasteiger partial charge in [0.05, 0.1) is 5.92 Å². The molecular weight excluding hydrogens is 244 g/mol. The third-order valence-corrected chi connectivity index (χ3v) is 3.85. The molecule has 2 aliphatic rings. The van der Waals surface area contributed by atoms with Crippen molar-refractivity contribution in [3.63, 3.8) is 0 Å². The van der Waals surface area contributed by atoms with Gasteiger partial charge in [0.2, 0.25) is 5.91 Å². The van der Waals surface area contributed by atoms with E-state index in [9.17, 15) is 9.59 Å². The second-order valence-electron chi connectivity index (χ2n) is 5.19. The monoisotopic (exact) mass is 268 g/mol. The zero-order valence-electron chi connectivity index (χ0n) is 11.7. The zero-order chi connectivity index (χ0) is 13.7. The van der Waals surface area contributed by atoms with Crippen molar-refractivity contribution in [3.05, 3.63) is 0 Å². The van der Waals surface area contributed by atoms with Gasteiger partial charge in [-0.1, -0.05) is 0 Å². The maximum Gasteiger partial charge on any atom is 0.317 e. The van der Waals surface area contributed by atoms with Crippen LogP contribution in [0.5, 0.6) is 0 Å². The lowest BCUT2D eigenvalue weighted by Crippen LogP contribution is -2.55. The third-order valence-electron chi connectivity index (χ3n) is 3.85. The van der Waals surface area contributed by atoms with Gasteiger partial charge in [-0.15, -0.1) is 0 Å². The highest BCUT2D eigenvalue weighted by atomic mass is 16.2. The van der Waals surface area contributed by atoms with E-state index >= 15 is 0 Å². The maximum absolute atomic E-state index is 12.3. The molecule has 0 aromatic rings. The van der Waals surface area contributed by atoms with Crippen LogP contribution in [0.2, 0.25) is 0 Å². The molecule has 2 rings (SSSR count). The van der Waals surface area contributed by atoms with Gasteiger partial charge in [0.1, 0.15) is 0 Å². The number of amides is 3. The van der Waals surface area contributed by atoms with Crippen LogP contribution in [0.1, 0.15) is 19.8 Å². The van der Waals surface area contributed by atoms with Crippen LogP contribution in [0.25, 0.3) is 0 Å². The summed E-state index contributed by atoms with van der Waals surface area (Å²) in [5, 5.41) is 6.07. The molecule has 3 amide bonds. The molecule has 6 heteroatoms. The van der Waals surface area contributed by atoms with Gasteiger partial charge in [-0.3, -0.25) is 4.79 Å². The van der Waals surface area contributed by atoms with E-state index in [-0.39, 0.29) is 17.9 Å². The first-order valence-electron chi connectivity index (χ1n) is 7.24. The summed E-state index contributed by atoms with van der Waals surface area (Å²) in [6, 6.07) is -0.0195. The highest BCUT2D eigenvalue weighted by Gasteiger charge is 2.29. The largest absolute Gasteiger partial charge is 0.339 e. The van der Waals surface area contributed by atoms with Crippen LogP contribution in [-0.4, -0.2) is 67.6 Å². The second kappa shape index (κ2) is 6.75. The van der Waals surface area contributed by atoms with Crippen molar-refractivity contribution in [1.82, 2.24) is 20.4 Å². The molecule has 0 aliphatic carbocycles. The standard InChI is InChI=1S/C13H24N4O2/c1-2-15-13(19)17-8-6-16(7-9-17)12(18)11-4-3-5-14-10-11/h11,14H,2-10H2,1H3,(H,15,19). The highest BCUT2D eigenvalue weighted by Crippen LogP contribution is 2.15. The van der Waals surface area contributed by atoms with Crippen LogP contribution in [0, 0.1) is 5.92 Å². The van der Waals surface area contributed by atoms with Crippen LogP contribution >= 0.6 is 0 Å². The average Bonchev–Trinajstić information content (AvgIpc) is 2.48. The molecule has 6 nitrogen and oxygen atoms in total. The summed E-state index contributed by atoms with van der Waals surface area (Å²) in [6.45, 7) is 6.97. The second-order valence-corrected chi connectivity index (χ2v) is 5.19.